The molecule has 0 aliphatic carbocycles. The van der Waals surface area contributed by atoms with Crippen molar-refractivity contribution in [2.45, 2.75) is 49.4 Å². The van der Waals surface area contributed by atoms with Crippen LogP contribution in [-0.4, -0.2) is 28.1 Å². The van der Waals surface area contributed by atoms with Crippen LogP contribution in [0, 0.1) is 0 Å². The van der Waals surface area contributed by atoms with Crippen LogP contribution >= 0.6 is 11.8 Å². The fourth-order valence-electron chi connectivity index (χ4n) is 2.39. The van der Waals surface area contributed by atoms with Crippen molar-refractivity contribution in [1.29, 1.82) is 0 Å². The molecule has 1 atom stereocenters. The number of nitrogens with zero attached hydrogens (tertiary/aromatic N) is 2. The van der Waals surface area contributed by atoms with Crippen LogP contribution in [-0.2, 0) is 4.79 Å². The van der Waals surface area contributed by atoms with E-state index in [2.05, 4.69) is 24.9 Å². The minimum Gasteiger partial charge on any atom is -0.338 e. The van der Waals surface area contributed by atoms with Crippen LogP contribution in [0.1, 0.15) is 44.7 Å². The van der Waals surface area contributed by atoms with Gasteiger partial charge in [-0.1, -0.05) is 19.9 Å². The summed E-state index contributed by atoms with van der Waals surface area (Å²) >= 11 is 1.78. The molecule has 0 saturated carbocycles. The van der Waals surface area contributed by atoms with Crippen LogP contribution < -0.4 is 0 Å². The third kappa shape index (κ3) is 3.05. The quantitative estimate of drug-likeness (QED) is 0.618. The smallest absolute Gasteiger partial charge is 0.210 e. The van der Waals surface area contributed by atoms with Gasteiger partial charge in [-0.3, -0.25) is 4.79 Å². The average molecular weight is 264 g/mol. The van der Waals surface area contributed by atoms with E-state index in [0.29, 0.717) is 5.25 Å². The molecule has 1 amide bonds. The van der Waals surface area contributed by atoms with Crippen molar-refractivity contribution < 1.29 is 4.79 Å². The number of pyridine rings is 1. The van der Waals surface area contributed by atoms with E-state index >= 15 is 0 Å². The Kier molecular flexibility index (Phi) is 4.64. The van der Waals surface area contributed by atoms with Crippen molar-refractivity contribution in [1.82, 2.24) is 9.88 Å². The van der Waals surface area contributed by atoms with Gasteiger partial charge in [-0.2, -0.15) is 0 Å². The molecule has 1 aliphatic heterocycles. The van der Waals surface area contributed by atoms with Crippen LogP contribution in [0.3, 0.4) is 0 Å². The number of piperidine rings is 1. The number of rotatable bonds is 4. The maximum atomic E-state index is 11.2. The molecule has 0 N–H and O–H groups in total. The second kappa shape index (κ2) is 6.23. The lowest BCUT2D eigenvalue weighted by Gasteiger charge is -2.33. The van der Waals surface area contributed by atoms with E-state index in [1.165, 1.54) is 12.0 Å². The van der Waals surface area contributed by atoms with Crippen molar-refractivity contribution in [3.63, 3.8) is 0 Å². The standard InChI is InChI=1S/C14H20N2OS/c1-11(2)18-14-12(6-5-8-15-14)13-7-3-4-9-16(13)10-17/h5-6,8,10-11,13H,3-4,7,9H2,1-2H3. The molecular formula is C14H20N2OS. The second-order valence-corrected chi connectivity index (χ2v) is 6.48. The third-order valence-electron chi connectivity index (χ3n) is 3.19. The summed E-state index contributed by atoms with van der Waals surface area (Å²) in [5.74, 6) is 0. The molecule has 0 spiro atoms. The molecule has 1 unspecified atom stereocenters. The molecule has 98 valence electrons. The van der Waals surface area contributed by atoms with Gasteiger partial charge in [0, 0.05) is 23.6 Å². The lowest BCUT2D eigenvalue weighted by Crippen LogP contribution is -2.32. The number of aromatic nitrogens is 1. The van der Waals surface area contributed by atoms with Gasteiger partial charge in [-0.25, -0.2) is 4.98 Å². The highest BCUT2D eigenvalue weighted by Crippen LogP contribution is 2.35. The van der Waals surface area contributed by atoms with Gasteiger partial charge in [0.05, 0.1) is 6.04 Å². The Hall–Kier alpha value is -1.03. The average Bonchev–Trinajstić information content (AvgIpc) is 2.39. The highest BCUT2D eigenvalue weighted by atomic mass is 32.2. The van der Waals surface area contributed by atoms with Gasteiger partial charge >= 0.3 is 0 Å². The molecule has 0 radical (unpaired) electrons. The SMILES string of the molecule is CC(C)Sc1ncccc1C1CCCCN1C=O. The molecule has 18 heavy (non-hydrogen) atoms. The van der Waals surface area contributed by atoms with E-state index in [4.69, 9.17) is 0 Å². The first-order chi connectivity index (χ1) is 8.72. The Bertz CT molecular complexity index is 409. The summed E-state index contributed by atoms with van der Waals surface area (Å²) in [4.78, 5) is 17.6. The van der Waals surface area contributed by atoms with E-state index in [-0.39, 0.29) is 6.04 Å². The van der Waals surface area contributed by atoms with Gasteiger partial charge in [-0.15, -0.1) is 11.8 Å². The van der Waals surface area contributed by atoms with Gasteiger partial charge in [0.25, 0.3) is 0 Å². The predicted octanol–water partition coefficient (Wildman–Crippen LogP) is 3.27. The lowest BCUT2D eigenvalue weighted by molar-refractivity contribution is -0.121. The molecular weight excluding hydrogens is 244 g/mol. The third-order valence-corrected chi connectivity index (χ3v) is 4.22. The maximum absolute atomic E-state index is 11.2. The minimum absolute atomic E-state index is 0.214. The highest BCUT2D eigenvalue weighted by molar-refractivity contribution is 7.99. The zero-order valence-corrected chi connectivity index (χ0v) is 11.8. The fraction of sp³-hybridized carbons (Fsp3) is 0.571. The van der Waals surface area contributed by atoms with Crippen molar-refractivity contribution >= 4 is 18.2 Å². The Morgan fingerprint density at radius 3 is 3.06 bits per heavy atom. The van der Waals surface area contributed by atoms with Crippen LogP contribution in [0.5, 0.6) is 0 Å². The Morgan fingerprint density at radius 1 is 1.50 bits per heavy atom. The molecule has 1 aromatic heterocycles. The summed E-state index contributed by atoms with van der Waals surface area (Å²) in [6.07, 6.45) is 6.18. The normalized spacial score (nSPS) is 20.2. The Labute approximate surface area is 113 Å². The number of hydrogen-bond donors (Lipinski definition) is 0. The van der Waals surface area contributed by atoms with Crippen LogP contribution in [0.25, 0.3) is 0 Å². The van der Waals surface area contributed by atoms with Gasteiger partial charge < -0.3 is 4.90 Å². The van der Waals surface area contributed by atoms with E-state index in [9.17, 15) is 4.79 Å². The van der Waals surface area contributed by atoms with Crippen molar-refractivity contribution in [2.75, 3.05) is 6.54 Å². The number of thioether (sulfide) groups is 1. The molecule has 1 aliphatic rings. The first kappa shape index (κ1) is 13.4. The molecule has 3 nitrogen and oxygen atoms in total. The Balaban J connectivity index is 2.27. The molecule has 1 aromatic rings. The van der Waals surface area contributed by atoms with Gasteiger partial charge in [0.1, 0.15) is 5.03 Å². The first-order valence-corrected chi connectivity index (χ1v) is 7.43. The summed E-state index contributed by atoms with van der Waals surface area (Å²) in [7, 11) is 0. The fourth-order valence-corrected chi connectivity index (χ4v) is 3.30. The predicted molar refractivity (Wildman–Crippen MR) is 74.6 cm³/mol. The van der Waals surface area contributed by atoms with E-state index in [0.717, 1.165) is 30.8 Å². The molecule has 2 rings (SSSR count). The van der Waals surface area contributed by atoms with Crippen molar-refractivity contribution in [3.05, 3.63) is 23.9 Å². The van der Waals surface area contributed by atoms with Gasteiger partial charge in [0.15, 0.2) is 0 Å². The Morgan fingerprint density at radius 2 is 2.33 bits per heavy atom. The van der Waals surface area contributed by atoms with Crippen LogP contribution in [0.2, 0.25) is 0 Å². The van der Waals surface area contributed by atoms with Gasteiger partial charge in [-0.05, 0) is 25.3 Å². The molecule has 1 fully saturated rings. The summed E-state index contributed by atoms with van der Waals surface area (Å²) in [6.45, 7) is 5.21. The van der Waals surface area contributed by atoms with Crippen molar-refractivity contribution in [3.8, 4) is 0 Å². The van der Waals surface area contributed by atoms with Crippen molar-refractivity contribution in [2.24, 2.45) is 0 Å². The lowest BCUT2D eigenvalue weighted by atomic mass is 9.97. The van der Waals surface area contributed by atoms with E-state index < -0.39 is 0 Å². The topological polar surface area (TPSA) is 33.2 Å². The molecule has 4 heteroatoms. The van der Waals surface area contributed by atoms with Crippen LogP contribution in [0.4, 0.5) is 0 Å². The van der Waals surface area contributed by atoms with E-state index in [1.54, 1.807) is 11.8 Å². The summed E-state index contributed by atoms with van der Waals surface area (Å²) < 4.78 is 0. The van der Waals surface area contributed by atoms with Gasteiger partial charge in [0.2, 0.25) is 6.41 Å². The number of carbonyl (C=O) groups is 1. The monoisotopic (exact) mass is 264 g/mol. The number of hydrogen-bond acceptors (Lipinski definition) is 3. The summed E-state index contributed by atoms with van der Waals surface area (Å²) in [5, 5.41) is 1.58. The van der Waals surface area contributed by atoms with E-state index in [1.807, 2.05) is 17.2 Å². The zero-order valence-electron chi connectivity index (χ0n) is 11.0. The molecule has 2 heterocycles. The minimum atomic E-state index is 0.214. The zero-order chi connectivity index (χ0) is 13.0. The number of likely N-dealkylation sites (tertiary alicyclic amines) is 1. The molecule has 0 bridgehead atoms. The number of amides is 1. The largest absolute Gasteiger partial charge is 0.338 e. The highest BCUT2D eigenvalue weighted by Gasteiger charge is 2.25. The summed E-state index contributed by atoms with van der Waals surface area (Å²) in [6, 6.07) is 4.30. The summed E-state index contributed by atoms with van der Waals surface area (Å²) in [5.41, 5.74) is 1.21. The van der Waals surface area contributed by atoms with Crippen LogP contribution in [0.15, 0.2) is 23.4 Å². The first-order valence-electron chi connectivity index (χ1n) is 6.55. The second-order valence-electron chi connectivity index (χ2n) is 4.92. The molecule has 0 aromatic carbocycles. The number of carbonyl (C=O) groups excluding carboxylic acids is 1. The molecule has 1 saturated heterocycles. The maximum Gasteiger partial charge on any atom is 0.210 e.